The third-order valence-electron chi connectivity index (χ3n) is 5.35. The van der Waals surface area contributed by atoms with Crippen molar-refractivity contribution in [3.63, 3.8) is 0 Å². The predicted octanol–water partition coefficient (Wildman–Crippen LogP) is 2.42. The average Bonchev–Trinajstić information content (AvgIpc) is 2.54. The molecule has 0 spiro atoms. The minimum atomic E-state index is -2.78. The molecule has 0 aliphatic heterocycles. The number of aliphatic hydroxyl groups is 1. The van der Waals surface area contributed by atoms with Crippen LogP contribution in [0, 0.1) is 11.8 Å². The summed E-state index contributed by atoms with van der Waals surface area (Å²) >= 11 is 0. The minimum absolute atomic E-state index is 0.000853. The van der Waals surface area contributed by atoms with Crippen molar-refractivity contribution in [2.45, 2.75) is 69.9 Å². The predicted molar refractivity (Wildman–Crippen MR) is 84.6 cm³/mol. The van der Waals surface area contributed by atoms with Gasteiger partial charge >= 0.3 is 6.61 Å². The number of hydrogen-bond acceptors (Lipinski definition) is 4. The number of ether oxygens (including phenoxy) is 2. The summed E-state index contributed by atoms with van der Waals surface area (Å²) in [4.78, 5) is 14.3. The van der Waals surface area contributed by atoms with Crippen LogP contribution in [-0.2, 0) is 14.3 Å². The Morgan fingerprint density at radius 1 is 1.25 bits per heavy atom. The van der Waals surface area contributed by atoms with Crippen LogP contribution in [0.15, 0.2) is 0 Å². The maximum absolute atomic E-state index is 12.6. The monoisotopic (exact) mass is 349 g/mol. The lowest BCUT2D eigenvalue weighted by Gasteiger charge is -2.36. The summed E-state index contributed by atoms with van der Waals surface area (Å²) in [5.74, 6) is 0.00529. The first-order valence-corrected chi connectivity index (χ1v) is 8.80. The molecule has 2 fully saturated rings. The molecule has 5 nitrogen and oxygen atoms in total. The van der Waals surface area contributed by atoms with Crippen molar-refractivity contribution in [2.75, 3.05) is 20.7 Å². The Hall–Kier alpha value is -0.790. The summed E-state index contributed by atoms with van der Waals surface area (Å²) in [5.41, 5.74) is 0. The number of nitrogens with zero attached hydrogens (tertiary/aromatic N) is 1. The summed E-state index contributed by atoms with van der Waals surface area (Å²) in [5, 5.41) is 10.0. The fourth-order valence-corrected chi connectivity index (χ4v) is 4.07. The lowest BCUT2D eigenvalue weighted by atomic mass is 9.83. The van der Waals surface area contributed by atoms with E-state index in [1.54, 1.807) is 19.1 Å². The molecule has 7 heteroatoms. The Kier molecular flexibility index (Phi) is 7.37. The van der Waals surface area contributed by atoms with Crippen LogP contribution < -0.4 is 0 Å². The van der Waals surface area contributed by atoms with Crippen molar-refractivity contribution in [1.82, 2.24) is 4.90 Å². The number of aliphatic hydroxyl groups excluding tert-OH is 1. The van der Waals surface area contributed by atoms with Crippen LogP contribution in [0.2, 0.25) is 0 Å². The van der Waals surface area contributed by atoms with Gasteiger partial charge < -0.3 is 19.5 Å². The molecular weight excluding hydrogens is 320 g/mol. The molecule has 1 N–H and O–H groups in total. The molecular formula is C17H29F2NO4. The summed E-state index contributed by atoms with van der Waals surface area (Å²) in [6.07, 6.45) is 3.61. The topological polar surface area (TPSA) is 59.0 Å². The highest BCUT2D eigenvalue weighted by Crippen LogP contribution is 2.31. The van der Waals surface area contributed by atoms with Crippen molar-refractivity contribution in [3.05, 3.63) is 0 Å². The smallest absolute Gasteiger partial charge is 0.345 e. The molecule has 5 atom stereocenters. The molecule has 0 aromatic carbocycles. The van der Waals surface area contributed by atoms with E-state index in [9.17, 15) is 18.7 Å². The van der Waals surface area contributed by atoms with Crippen molar-refractivity contribution < 1.29 is 28.2 Å². The SMILES string of the molecule is COC1CCC(CN(C)C(=O)C2CCCC(OC(F)F)C2)CC1O. The van der Waals surface area contributed by atoms with Gasteiger partial charge in [0, 0.05) is 26.6 Å². The molecule has 2 aliphatic carbocycles. The van der Waals surface area contributed by atoms with Crippen molar-refractivity contribution in [2.24, 2.45) is 11.8 Å². The molecule has 0 aromatic heterocycles. The van der Waals surface area contributed by atoms with E-state index < -0.39 is 18.8 Å². The van der Waals surface area contributed by atoms with E-state index in [1.165, 1.54) is 0 Å². The maximum Gasteiger partial charge on any atom is 0.345 e. The van der Waals surface area contributed by atoms with Crippen molar-refractivity contribution >= 4 is 5.91 Å². The molecule has 5 unspecified atom stereocenters. The lowest BCUT2D eigenvalue weighted by molar-refractivity contribution is -0.176. The second-order valence-corrected chi connectivity index (χ2v) is 7.12. The van der Waals surface area contributed by atoms with Crippen LogP contribution in [0.3, 0.4) is 0 Å². The average molecular weight is 349 g/mol. The highest BCUT2D eigenvalue weighted by Gasteiger charge is 2.34. The van der Waals surface area contributed by atoms with Gasteiger partial charge in [0.1, 0.15) is 0 Å². The third-order valence-corrected chi connectivity index (χ3v) is 5.35. The van der Waals surface area contributed by atoms with Crippen LogP contribution in [0.25, 0.3) is 0 Å². The molecule has 2 aliphatic rings. The number of halogens is 2. The van der Waals surface area contributed by atoms with Crippen LogP contribution >= 0.6 is 0 Å². The van der Waals surface area contributed by atoms with Gasteiger partial charge in [-0.2, -0.15) is 8.78 Å². The van der Waals surface area contributed by atoms with Crippen LogP contribution in [0.1, 0.15) is 44.9 Å². The Labute approximate surface area is 142 Å². The van der Waals surface area contributed by atoms with Gasteiger partial charge in [-0.25, -0.2) is 0 Å². The van der Waals surface area contributed by atoms with Gasteiger partial charge in [0.05, 0.1) is 18.3 Å². The number of alkyl halides is 2. The standard InChI is InChI=1S/C17H29F2NO4/c1-20(10-11-6-7-15(23-2)14(21)8-11)16(22)12-4-3-5-13(9-12)24-17(18)19/h11-15,17,21H,3-10H2,1-2H3. The summed E-state index contributed by atoms with van der Waals surface area (Å²) in [6, 6.07) is 0. The van der Waals surface area contributed by atoms with E-state index in [0.29, 0.717) is 25.8 Å². The van der Waals surface area contributed by atoms with Crippen molar-refractivity contribution in [3.8, 4) is 0 Å². The molecule has 0 aromatic rings. The fraction of sp³-hybridized carbons (Fsp3) is 0.941. The zero-order valence-corrected chi connectivity index (χ0v) is 14.5. The van der Waals surface area contributed by atoms with E-state index in [2.05, 4.69) is 4.74 Å². The van der Waals surface area contributed by atoms with Gasteiger partial charge in [0.25, 0.3) is 0 Å². The molecule has 0 bridgehead atoms. The first kappa shape index (κ1) is 19.5. The second-order valence-electron chi connectivity index (χ2n) is 7.12. The van der Waals surface area contributed by atoms with E-state index >= 15 is 0 Å². The second kappa shape index (κ2) is 9.06. The Bertz CT molecular complexity index is 410. The zero-order valence-electron chi connectivity index (χ0n) is 14.5. The number of carbonyl (C=O) groups excluding carboxylic acids is 1. The Morgan fingerprint density at radius 3 is 2.62 bits per heavy atom. The van der Waals surface area contributed by atoms with Gasteiger partial charge in [0.15, 0.2) is 0 Å². The fourth-order valence-electron chi connectivity index (χ4n) is 4.07. The molecule has 2 saturated carbocycles. The molecule has 1 amide bonds. The molecule has 2 rings (SSSR count). The zero-order chi connectivity index (χ0) is 17.7. The normalized spacial score (nSPS) is 34.3. The van der Waals surface area contributed by atoms with E-state index in [1.807, 2.05) is 0 Å². The van der Waals surface area contributed by atoms with Crippen LogP contribution in [-0.4, -0.2) is 61.5 Å². The van der Waals surface area contributed by atoms with E-state index in [0.717, 1.165) is 25.7 Å². The molecule has 140 valence electrons. The van der Waals surface area contributed by atoms with Crippen LogP contribution in [0.5, 0.6) is 0 Å². The minimum Gasteiger partial charge on any atom is -0.390 e. The highest BCUT2D eigenvalue weighted by molar-refractivity contribution is 5.78. The first-order chi connectivity index (χ1) is 11.4. The number of rotatable bonds is 6. The number of carbonyl (C=O) groups is 1. The quantitative estimate of drug-likeness (QED) is 0.800. The number of hydrogen-bond donors (Lipinski definition) is 1. The van der Waals surface area contributed by atoms with Gasteiger partial charge in [-0.15, -0.1) is 0 Å². The maximum atomic E-state index is 12.6. The third kappa shape index (κ3) is 5.36. The summed E-state index contributed by atoms with van der Waals surface area (Å²) < 4.78 is 34.5. The van der Waals surface area contributed by atoms with Crippen LogP contribution in [0.4, 0.5) is 8.78 Å². The van der Waals surface area contributed by atoms with Gasteiger partial charge in [-0.1, -0.05) is 6.42 Å². The summed E-state index contributed by atoms with van der Waals surface area (Å²) in [7, 11) is 3.36. The van der Waals surface area contributed by atoms with E-state index in [-0.39, 0.29) is 23.8 Å². The Morgan fingerprint density at radius 2 is 2.00 bits per heavy atom. The van der Waals surface area contributed by atoms with E-state index in [4.69, 9.17) is 4.74 Å². The molecule has 0 saturated heterocycles. The number of methoxy groups -OCH3 is 1. The van der Waals surface area contributed by atoms with Gasteiger partial charge in [-0.3, -0.25) is 4.79 Å². The summed E-state index contributed by atoms with van der Waals surface area (Å²) in [6.45, 7) is -2.19. The number of amides is 1. The van der Waals surface area contributed by atoms with Crippen molar-refractivity contribution in [1.29, 1.82) is 0 Å². The molecule has 0 radical (unpaired) electrons. The van der Waals surface area contributed by atoms with Gasteiger partial charge in [-0.05, 0) is 44.4 Å². The largest absolute Gasteiger partial charge is 0.390 e. The Balaban J connectivity index is 1.81. The highest BCUT2D eigenvalue weighted by atomic mass is 19.3. The van der Waals surface area contributed by atoms with Gasteiger partial charge in [0.2, 0.25) is 5.91 Å². The first-order valence-electron chi connectivity index (χ1n) is 8.80. The lowest BCUT2D eigenvalue weighted by Crippen LogP contribution is -2.43. The molecule has 24 heavy (non-hydrogen) atoms. The molecule has 0 heterocycles.